The molecule has 0 heterocycles. The highest BCUT2D eigenvalue weighted by Gasteiger charge is 2.16. The Bertz CT molecular complexity index is 854. The lowest BCUT2D eigenvalue weighted by atomic mass is 10.1. The van der Waals surface area contributed by atoms with Crippen molar-refractivity contribution in [1.82, 2.24) is 0 Å². The Morgan fingerprint density at radius 1 is 1.15 bits per heavy atom. The number of esters is 1. The van der Waals surface area contributed by atoms with Crippen molar-refractivity contribution in [2.24, 2.45) is 0 Å². The quantitative estimate of drug-likeness (QED) is 0.491. The van der Waals surface area contributed by atoms with Gasteiger partial charge in [-0.05, 0) is 31.2 Å². The molecule has 132 valence electrons. The van der Waals surface area contributed by atoms with Crippen molar-refractivity contribution in [3.8, 4) is 6.07 Å². The first kappa shape index (κ1) is 18.7. The molecular formula is C20H19N3O3. The number of hydrogen-bond donors (Lipinski definition) is 1. The molecule has 0 saturated carbocycles. The van der Waals surface area contributed by atoms with Crippen molar-refractivity contribution in [3.05, 3.63) is 71.9 Å². The summed E-state index contributed by atoms with van der Waals surface area (Å²) in [6, 6.07) is 17.8. The molecule has 0 fully saturated rings. The third-order valence-electron chi connectivity index (χ3n) is 3.66. The molecule has 0 bridgehead atoms. The van der Waals surface area contributed by atoms with E-state index < -0.39 is 11.9 Å². The first-order valence-corrected chi connectivity index (χ1v) is 8.03. The summed E-state index contributed by atoms with van der Waals surface area (Å²) in [5, 5.41) is 12.0. The molecule has 0 saturated heterocycles. The topological polar surface area (TPSA) is 82.4 Å². The minimum atomic E-state index is -0.599. The lowest BCUT2D eigenvalue weighted by Crippen LogP contribution is -2.21. The first-order valence-electron chi connectivity index (χ1n) is 8.03. The normalized spacial score (nSPS) is 10.6. The molecule has 1 amide bonds. The second-order valence-corrected chi connectivity index (χ2v) is 5.27. The summed E-state index contributed by atoms with van der Waals surface area (Å²) < 4.78 is 4.71. The molecule has 1 N–H and O–H groups in total. The van der Waals surface area contributed by atoms with Crippen molar-refractivity contribution in [3.63, 3.8) is 0 Å². The Hall–Kier alpha value is -3.59. The number of benzene rings is 2. The smallest absolute Gasteiger partial charge is 0.339 e. The van der Waals surface area contributed by atoms with E-state index in [-0.39, 0.29) is 16.8 Å². The number of anilines is 2. The van der Waals surface area contributed by atoms with Crippen LogP contribution in [0.2, 0.25) is 0 Å². The van der Waals surface area contributed by atoms with Gasteiger partial charge in [0.05, 0.1) is 18.4 Å². The van der Waals surface area contributed by atoms with Crippen molar-refractivity contribution in [1.29, 1.82) is 5.26 Å². The highest BCUT2D eigenvalue weighted by molar-refractivity contribution is 6.09. The summed E-state index contributed by atoms with van der Waals surface area (Å²) in [5.74, 6) is -1.17. The van der Waals surface area contributed by atoms with Crippen LogP contribution in [-0.2, 0) is 9.53 Å². The Balaban J connectivity index is 2.27. The summed E-state index contributed by atoms with van der Waals surface area (Å²) in [5.41, 5.74) is 1.30. The van der Waals surface area contributed by atoms with Gasteiger partial charge in [0.2, 0.25) is 0 Å². The second-order valence-electron chi connectivity index (χ2n) is 5.27. The van der Waals surface area contributed by atoms with Gasteiger partial charge in [0.1, 0.15) is 11.6 Å². The van der Waals surface area contributed by atoms with Gasteiger partial charge in [0.15, 0.2) is 0 Å². The van der Waals surface area contributed by atoms with Crippen molar-refractivity contribution in [2.45, 2.75) is 6.92 Å². The molecule has 6 nitrogen and oxygen atoms in total. The van der Waals surface area contributed by atoms with E-state index in [1.54, 1.807) is 29.2 Å². The molecule has 6 heteroatoms. The highest BCUT2D eigenvalue weighted by Crippen LogP contribution is 2.18. The SMILES string of the molecule is CCN(/C=C(/C#N)C(=O)Nc1ccccc1C(=O)OC)c1ccccc1. The first-order chi connectivity index (χ1) is 12.6. The van der Waals surface area contributed by atoms with Crippen LogP contribution in [0.4, 0.5) is 11.4 Å². The fourth-order valence-electron chi connectivity index (χ4n) is 2.33. The Morgan fingerprint density at radius 3 is 2.42 bits per heavy atom. The van der Waals surface area contributed by atoms with Gasteiger partial charge in [-0.15, -0.1) is 0 Å². The highest BCUT2D eigenvalue weighted by atomic mass is 16.5. The van der Waals surface area contributed by atoms with E-state index >= 15 is 0 Å². The van der Waals surface area contributed by atoms with Gasteiger partial charge in [0.25, 0.3) is 5.91 Å². The van der Waals surface area contributed by atoms with E-state index in [9.17, 15) is 14.9 Å². The molecular weight excluding hydrogens is 330 g/mol. The monoisotopic (exact) mass is 349 g/mol. The van der Waals surface area contributed by atoms with E-state index in [0.717, 1.165) is 5.69 Å². The molecule has 0 unspecified atom stereocenters. The standard InChI is InChI=1S/C20H19N3O3/c1-3-23(16-9-5-4-6-10-16)14-15(13-21)19(24)22-18-12-8-7-11-17(18)20(25)26-2/h4-12,14H,3H2,1-2H3,(H,22,24)/b15-14-. The van der Waals surface area contributed by atoms with E-state index in [0.29, 0.717) is 6.54 Å². The van der Waals surface area contributed by atoms with Gasteiger partial charge in [-0.1, -0.05) is 30.3 Å². The Kier molecular flexibility index (Phi) is 6.52. The number of para-hydroxylation sites is 2. The number of ether oxygens (including phenoxy) is 1. The van der Waals surface area contributed by atoms with Crippen LogP contribution in [0, 0.1) is 11.3 Å². The van der Waals surface area contributed by atoms with Crippen LogP contribution in [0.1, 0.15) is 17.3 Å². The fraction of sp³-hybridized carbons (Fsp3) is 0.150. The van der Waals surface area contributed by atoms with E-state index in [4.69, 9.17) is 4.74 Å². The largest absolute Gasteiger partial charge is 0.465 e. The van der Waals surface area contributed by atoms with Gasteiger partial charge in [-0.3, -0.25) is 4.79 Å². The maximum atomic E-state index is 12.5. The van der Waals surface area contributed by atoms with Crippen LogP contribution in [0.5, 0.6) is 0 Å². The minimum absolute atomic E-state index is 0.0737. The zero-order valence-corrected chi connectivity index (χ0v) is 14.6. The van der Waals surface area contributed by atoms with Crippen LogP contribution >= 0.6 is 0 Å². The second kappa shape index (κ2) is 9.04. The summed E-state index contributed by atoms with van der Waals surface area (Å²) in [6.45, 7) is 2.50. The van der Waals surface area contributed by atoms with Gasteiger partial charge in [-0.2, -0.15) is 5.26 Å². The van der Waals surface area contributed by atoms with Gasteiger partial charge < -0.3 is 15.0 Å². The fourth-order valence-corrected chi connectivity index (χ4v) is 2.33. The average molecular weight is 349 g/mol. The number of nitrogens with zero attached hydrogens (tertiary/aromatic N) is 2. The number of carbonyl (C=O) groups excluding carboxylic acids is 2. The third kappa shape index (κ3) is 4.48. The predicted molar refractivity (Wildman–Crippen MR) is 99.6 cm³/mol. The van der Waals surface area contributed by atoms with Crippen LogP contribution < -0.4 is 10.2 Å². The number of hydrogen-bond acceptors (Lipinski definition) is 5. The summed E-state index contributed by atoms with van der Waals surface area (Å²) in [4.78, 5) is 26.1. The molecule has 0 atom stereocenters. The summed E-state index contributed by atoms with van der Waals surface area (Å²) >= 11 is 0. The van der Waals surface area contributed by atoms with Gasteiger partial charge in [0, 0.05) is 18.4 Å². The van der Waals surface area contributed by atoms with Crippen molar-refractivity contribution in [2.75, 3.05) is 23.9 Å². The third-order valence-corrected chi connectivity index (χ3v) is 3.66. The number of rotatable bonds is 6. The van der Waals surface area contributed by atoms with Crippen molar-refractivity contribution >= 4 is 23.3 Å². The number of nitriles is 1. The zero-order valence-electron chi connectivity index (χ0n) is 14.6. The maximum absolute atomic E-state index is 12.5. The number of amides is 1. The van der Waals surface area contributed by atoms with Crippen molar-refractivity contribution < 1.29 is 14.3 Å². The Morgan fingerprint density at radius 2 is 1.81 bits per heavy atom. The molecule has 2 aromatic carbocycles. The van der Waals surface area contributed by atoms with E-state index in [1.165, 1.54) is 13.3 Å². The van der Waals surface area contributed by atoms with Crippen LogP contribution in [0.15, 0.2) is 66.4 Å². The van der Waals surface area contributed by atoms with Crippen LogP contribution in [-0.4, -0.2) is 25.5 Å². The summed E-state index contributed by atoms with van der Waals surface area (Å²) in [7, 11) is 1.26. The van der Waals surface area contributed by atoms with E-state index in [2.05, 4.69) is 5.32 Å². The van der Waals surface area contributed by atoms with E-state index in [1.807, 2.05) is 43.3 Å². The molecule has 0 aliphatic heterocycles. The molecule has 0 radical (unpaired) electrons. The lowest BCUT2D eigenvalue weighted by molar-refractivity contribution is -0.112. The number of methoxy groups -OCH3 is 1. The molecule has 0 aromatic heterocycles. The van der Waals surface area contributed by atoms with Crippen LogP contribution in [0.25, 0.3) is 0 Å². The molecule has 2 rings (SSSR count). The predicted octanol–water partition coefficient (Wildman–Crippen LogP) is 3.35. The molecule has 0 spiro atoms. The lowest BCUT2D eigenvalue weighted by Gasteiger charge is -2.19. The minimum Gasteiger partial charge on any atom is -0.465 e. The van der Waals surface area contributed by atoms with Crippen LogP contribution in [0.3, 0.4) is 0 Å². The number of nitrogens with one attached hydrogen (secondary N) is 1. The molecule has 0 aliphatic carbocycles. The zero-order chi connectivity index (χ0) is 18.9. The Labute approximate surface area is 152 Å². The average Bonchev–Trinajstić information content (AvgIpc) is 2.69. The van der Waals surface area contributed by atoms with Gasteiger partial charge >= 0.3 is 5.97 Å². The molecule has 26 heavy (non-hydrogen) atoms. The number of carbonyl (C=O) groups is 2. The molecule has 0 aliphatic rings. The maximum Gasteiger partial charge on any atom is 0.339 e. The molecule has 2 aromatic rings. The van der Waals surface area contributed by atoms with Gasteiger partial charge in [-0.25, -0.2) is 4.79 Å². The summed E-state index contributed by atoms with van der Waals surface area (Å²) in [6.07, 6.45) is 1.49.